The molecule has 3 N–H and O–H groups in total. The van der Waals surface area contributed by atoms with Crippen LogP contribution in [0.1, 0.15) is 5.69 Å². The van der Waals surface area contributed by atoms with Gasteiger partial charge < -0.3 is 15.4 Å². The van der Waals surface area contributed by atoms with E-state index in [1.54, 1.807) is 24.5 Å². The molecule has 0 atom stereocenters. The quantitative estimate of drug-likeness (QED) is 0.457. The van der Waals surface area contributed by atoms with Gasteiger partial charge in [0, 0.05) is 31.0 Å². The summed E-state index contributed by atoms with van der Waals surface area (Å²) in [4.78, 5) is 12.9. The van der Waals surface area contributed by atoms with Gasteiger partial charge >= 0.3 is 0 Å². The van der Waals surface area contributed by atoms with Crippen molar-refractivity contribution in [3.63, 3.8) is 0 Å². The fraction of sp³-hybridized carbons (Fsp3) is 0.211. The number of hydrogen-bond donors (Lipinski definition) is 3. The molecule has 3 rings (SSSR count). The third-order valence-electron chi connectivity index (χ3n) is 3.86. The Morgan fingerprint density at radius 1 is 1.07 bits per heavy atom. The standard InChI is InChI=1S/C19H22N6O3S/c1-14-12-18(24-15-4-3-9-20-13-15)25-19(23-14)21-10-11-22-29(26,27)17-7-5-16(28-2)6-8-17/h3-9,12-13,22H,10-11H2,1-2H3,(H2,21,23,24,25). The second-order valence-electron chi connectivity index (χ2n) is 6.08. The van der Waals surface area contributed by atoms with Gasteiger partial charge in [0.15, 0.2) is 0 Å². The molecule has 152 valence electrons. The fourth-order valence-corrected chi connectivity index (χ4v) is 3.53. The monoisotopic (exact) mass is 414 g/mol. The Balaban J connectivity index is 1.55. The Labute approximate surface area is 169 Å². The molecule has 0 amide bonds. The first kappa shape index (κ1) is 20.5. The lowest BCUT2D eigenvalue weighted by Gasteiger charge is -2.11. The van der Waals surface area contributed by atoms with Gasteiger partial charge in [0.25, 0.3) is 0 Å². The molecular formula is C19H22N6O3S. The molecule has 0 saturated heterocycles. The van der Waals surface area contributed by atoms with Crippen LogP contribution in [0, 0.1) is 6.92 Å². The number of rotatable bonds is 9. The van der Waals surface area contributed by atoms with E-state index >= 15 is 0 Å². The summed E-state index contributed by atoms with van der Waals surface area (Å²) in [7, 11) is -2.08. The highest BCUT2D eigenvalue weighted by atomic mass is 32.2. The molecule has 9 nitrogen and oxygen atoms in total. The number of sulfonamides is 1. The highest BCUT2D eigenvalue weighted by molar-refractivity contribution is 7.89. The third-order valence-corrected chi connectivity index (χ3v) is 5.34. The van der Waals surface area contributed by atoms with Crippen LogP contribution in [0.2, 0.25) is 0 Å². The molecule has 10 heteroatoms. The maximum Gasteiger partial charge on any atom is 0.240 e. The van der Waals surface area contributed by atoms with Gasteiger partial charge in [-0.15, -0.1) is 0 Å². The topological polar surface area (TPSA) is 118 Å². The van der Waals surface area contributed by atoms with E-state index in [2.05, 4.69) is 30.3 Å². The van der Waals surface area contributed by atoms with Crippen molar-refractivity contribution in [2.45, 2.75) is 11.8 Å². The van der Waals surface area contributed by atoms with Gasteiger partial charge in [-0.25, -0.2) is 18.1 Å². The Bertz CT molecular complexity index is 1040. The van der Waals surface area contributed by atoms with E-state index in [9.17, 15) is 8.42 Å². The molecule has 0 fully saturated rings. The van der Waals surface area contributed by atoms with Gasteiger partial charge in [-0.05, 0) is 43.3 Å². The zero-order chi connectivity index (χ0) is 20.7. The highest BCUT2D eigenvalue weighted by Gasteiger charge is 2.13. The number of nitrogens with one attached hydrogen (secondary N) is 3. The smallest absolute Gasteiger partial charge is 0.240 e. The van der Waals surface area contributed by atoms with Crippen molar-refractivity contribution in [2.24, 2.45) is 0 Å². The van der Waals surface area contributed by atoms with Crippen molar-refractivity contribution in [3.8, 4) is 5.75 Å². The van der Waals surface area contributed by atoms with Crippen LogP contribution in [0.5, 0.6) is 5.75 Å². The summed E-state index contributed by atoms with van der Waals surface area (Å²) in [6, 6.07) is 11.7. The number of aryl methyl sites for hydroxylation is 1. The van der Waals surface area contributed by atoms with E-state index in [0.29, 0.717) is 24.1 Å². The van der Waals surface area contributed by atoms with Gasteiger partial charge in [-0.2, -0.15) is 4.98 Å². The first-order valence-electron chi connectivity index (χ1n) is 8.86. The number of benzene rings is 1. The highest BCUT2D eigenvalue weighted by Crippen LogP contribution is 2.16. The average molecular weight is 414 g/mol. The lowest BCUT2D eigenvalue weighted by atomic mass is 10.3. The largest absolute Gasteiger partial charge is 0.497 e. The Morgan fingerprint density at radius 3 is 2.55 bits per heavy atom. The van der Waals surface area contributed by atoms with Gasteiger partial charge in [-0.1, -0.05) is 0 Å². The number of pyridine rings is 1. The molecule has 3 aromatic rings. The summed E-state index contributed by atoms with van der Waals surface area (Å²) in [5, 5.41) is 6.18. The van der Waals surface area contributed by atoms with Crippen LogP contribution >= 0.6 is 0 Å². The number of ether oxygens (including phenoxy) is 1. The molecule has 0 unspecified atom stereocenters. The van der Waals surface area contributed by atoms with E-state index in [-0.39, 0.29) is 11.4 Å². The van der Waals surface area contributed by atoms with Crippen molar-refractivity contribution in [1.82, 2.24) is 19.7 Å². The van der Waals surface area contributed by atoms with E-state index in [0.717, 1.165) is 11.4 Å². The average Bonchev–Trinajstić information content (AvgIpc) is 2.72. The minimum absolute atomic E-state index is 0.174. The van der Waals surface area contributed by atoms with Crippen molar-refractivity contribution in [2.75, 3.05) is 30.8 Å². The molecule has 2 heterocycles. The SMILES string of the molecule is COc1ccc(S(=O)(=O)NCCNc2nc(C)cc(Nc3cccnc3)n2)cc1. The predicted molar refractivity (Wildman–Crippen MR) is 111 cm³/mol. The molecule has 29 heavy (non-hydrogen) atoms. The second kappa shape index (κ2) is 9.30. The normalized spacial score (nSPS) is 11.1. The number of aromatic nitrogens is 3. The minimum Gasteiger partial charge on any atom is -0.497 e. The maximum absolute atomic E-state index is 12.3. The van der Waals surface area contributed by atoms with Crippen LogP contribution < -0.4 is 20.1 Å². The lowest BCUT2D eigenvalue weighted by molar-refractivity contribution is 0.414. The molecule has 0 spiro atoms. The van der Waals surface area contributed by atoms with E-state index in [4.69, 9.17) is 4.74 Å². The van der Waals surface area contributed by atoms with Crippen LogP contribution in [0.15, 0.2) is 59.8 Å². The molecule has 0 aliphatic heterocycles. The first-order valence-corrected chi connectivity index (χ1v) is 10.3. The Morgan fingerprint density at radius 2 is 1.86 bits per heavy atom. The molecule has 0 bridgehead atoms. The first-order chi connectivity index (χ1) is 14.0. The van der Waals surface area contributed by atoms with Crippen LogP contribution in [0.3, 0.4) is 0 Å². The second-order valence-corrected chi connectivity index (χ2v) is 7.85. The molecule has 0 aliphatic rings. The molecule has 0 aliphatic carbocycles. The molecular weight excluding hydrogens is 392 g/mol. The number of methoxy groups -OCH3 is 1. The van der Waals surface area contributed by atoms with E-state index in [1.807, 2.05) is 25.1 Å². The fourth-order valence-electron chi connectivity index (χ4n) is 2.49. The van der Waals surface area contributed by atoms with Gasteiger partial charge in [0.05, 0.1) is 23.9 Å². The zero-order valence-corrected chi connectivity index (χ0v) is 16.9. The van der Waals surface area contributed by atoms with Crippen molar-refractivity contribution >= 4 is 27.5 Å². The summed E-state index contributed by atoms with van der Waals surface area (Å²) in [6.45, 7) is 2.36. The number of hydrogen-bond acceptors (Lipinski definition) is 8. The lowest BCUT2D eigenvalue weighted by Crippen LogP contribution is -2.29. The summed E-state index contributed by atoms with van der Waals surface area (Å²) in [5.74, 6) is 1.62. The molecule has 0 radical (unpaired) electrons. The minimum atomic E-state index is -3.60. The van der Waals surface area contributed by atoms with Crippen LogP contribution in [0.25, 0.3) is 0 Å². The van der Waals surface area contributed by atoms with Crippen molar-refractivity contribution in [3.05, 3.63) is 60.6 Å². The summed E-state index contributed by atoms with van der Waals surface area (Å²) >= 11 is 0. The molecule has 1 aromatic carbocycles. The van der Waals surface area contributed by atoms with E-state index < -0.39 is 10.0 Å². The predicted octanol–water partition coefficient (Wildman–Crippen LogP) is 2.32. The zero-order valence-electron chi connectivity index (χ0n) is 16.1. The van der Waals surface area contributed by atoms with Crippen molar-refractivity contribution in [1.29, 1.82) is 0 Å². The number of anilines is 3. The van der Waals surface area contributed by atoms with Gasteiger partial charge in [-0.3, -0.25) is 4.98 Å². The maximum atomic E-state index is 12.3. The van der Waals surface area contributed by atoms with Crippen molar-refractivity contribution < 1.29 is 13.2 Å². The third kappa shape index (κ3) is 5.87. The van der Waals surface area contributed by atoms with Gasteiger partial charge in [0.1, 0.15) is 11.6 Å². The van der Waals surface area contributed by atoms with Crippen LogP contribution in [-0.2, 0) is 10.0 Å². The Hall–Kier alpha value is -3.24. The summed E-state index contributed by atoms with van der Waals surface area (Å²) in [5.41, 5.74) is 1.58. The van der Waals surface area contributed by atoms with Gasteiger partial charge in [0.2, 0.25) is 16.0 Å². The Kier molecular flexibility index (Phi) is 6.57. The summed E-state index contributed by atoms with van der Waals surface area (Å²) < 4.78 is 32.2. The molecule has 2 aromatic heterocycles. The number of nitrogens with zero attached hydrogens (tertiary/aromatic N) is 3. The van der Waals surface area contributed by atoms with Crippen LogP contribution in [-0.4, -0.2) is 43.6 Å². The molecule has 0 saturated carbocycles. The van der Waals surface area contributed by atoms with E-state index in [1.165, 1.54) is 19.2 Å². The summed E-state index contributed by atoms with van der Waals surface area (Å²) in [6.07, 6.45) is 3.38. The van der Waals surface area contributed by atoms with Crippen LogP contribution in [0.4, 0.5) is 17.5 Å².